The van der Waals surface area contributed by atoms with Gasteiger partial charge in [0.25, 0.3) is 5.91 Å². The van der Waals surface area contributed by atoms with Gasteiger partial charge in [-0.25, -0.2) is 0 Å². The second-order valence-electron chi connectivity index (χ2n) is 24.7. The molecule has 0 radical (unpaired) electrons. The predicted octanol–water partition coefficient (Wildman–Crippen LogP) is 5.60. The molecule has 4 aliphatic heterocycles. The molecule has 81 heavy (non-hydrogen) atoms. The third-order valence-electron chi connectivity index (χ3n) is 17.3. The van der Waals surface area contributed by atoms with Crippen molar-refractivity contribution >= 4 is 29.3 Å². The molecule has 6 rings (SSSR count). The number of Topliss-reactive ketones (excluding diaryl/α,β-unsaturated/α-hetero) is 1. The molecule has 4 heterocycles. The Morgan fingerprint density at radius 1 is 0.802 bits per heavy atom. The van der Waals surface area contributed by atoms with Gasteiger partial charge in [0.1, 0.15) is 49.3 Å². The molecule has 22 atom stereocenters. The van der Waals surface area contributed by atoms with Crippen LogP contribution in [0.4, 0.5) is 0 Å². The smallest absolute Gasteiger partial charge is 0.311 e. The first-order valence-electron chi connectivity index (χ1n) is 29.4. The van der Waals surface area contributed by atoms with E-state index in [1.165, 1.54) is 28.3 Å². The van der Waals surface area contributed by atoms with E-state index in [0.717, 1.165) is 12.8 Å². The van der Waals surface area contributed by atoms with E-state index in [0.29, 0.717) is 24.2 Å². The summed E-state index contributed by atoms with van der Waals surface area (Å²) in [5.74, 6) is -7.27. The van der Waals surface area contributed by atoms with Crippen molar-refractivity contribution in [2.24, 2.45) is 46.6 Å². The van der Waals surface area contributed by atoms with Gasteiger partial charge in [-0.2, -0.15) is 0 Å². The fraction of sp³-hybridized carbons (Fsp3) is 0.817. The summed E-state index contributed by atoms with van der Waals surface area (Å²) < 4.78 is 64.0. The van der Waals surface area contributed by atoms with Gasteiger partial charge in [-0.15, -0.1) is 0 Å². The average Bonchev–Trinajstić information content (AvgIpc) is 3.63. The lowest BCUT2D eigenvalue weighted by Crippen LogP contribution is -2.59. The topological polar surface area (TPSA) is 258 Å². The maximum Gasteiger partial charge on any atom is 0.311 e. The van der Waals surface area contributed by atoms with Crippen LogP contribution in [0.5, 0.6) is 0 Å². The Morgan fingerprint density at radius 3 is 2.10 bits per heavy atom. The minimum Gasteiger partial charge on any atom is -0.461 e. The van der Waals surface area contributed by atoms with E-state index in [1.807, 2.05) is 66.7 Å². The van der Waals surface area contributed by atoms with E-state index in [2.05, 4.69) is 22.3 Å². The Morgan fingerprint density at radius 2 is 1.47 bits per heavy atom. The second kappa shape index (κ2) is 29.4. The molecule has 21 nitrogen and oxygen atoms in total. The maximum atomic E-state index is 15.4. The van der Waals surface area contributed by atoms with Crippen LogP contribution in [0.15, 0.2) is 35.5 Å². The first-order valence-corrected chi connectivity index (χ1v) is 29.4. The molecular weight excluding hydrogens is 1050 g/mol. The third-order valence-corrected chi connectivity index (χ3v) is 17.3. The van der Waals surface area contributed by atoms with E-state index in [9.17, 15) is 24.9 Å². The summed E-state index contributed by atoms with van der Waals surface area (Å²) in [4.78, 5) is 64.8. The van der Waals surface area contributed by atoms with Gasteiger partial charge in [-0.1, -0.05) is 71.8 Å². The molecule has 0 bridgehead atoms. The predicted molar refractivity (Wildman–Crippen MR) is 297 cm³/mol. The molecule has 0 spiro atoms. The highest BCUT2D eigenvalue weighted by Gasteiger charge is 2.52. The van der Waals surface area contributed by atoms with Crippen LogP contribution in [0.3, 0.4) is 0 Å². The van der Waals surface area contributed by atoms with Crippen LogP contribution in [0.2, 0.25) is 0 Å². The number of ether oxygens (including phenoxy) is 10. The highest BCUT2D eigenvalue weighted by molar-refractivity contribution is 5.94. The minimum absolute atomic E-state index is 0.00960. The van der Waals surface area contributed by atoms with E-state index in [-0.39, 0.29) is 61.9 Å². The van der Waals surface area contributed by atoms with Crippen molar-refractivity contribution in [2.75, 3.05) is 34.5 Å². The Bertz CT molecular complexity index is 2220. The van der Waals surface area contributed by atoms with Crippen LogP contribution < -0.4 is 5.32 Å². The number of hydrogen-bond donors (Lipinski definition) is 4. The average molecular weight is 1150 g/mol. The van der Waals surface area contributed by atoms with Gasteiger partial charge in [-0.3, -0.25) is 24.1 Å². The molecule has 1 saturated carbocycles. The fourth-order valence-corrected chi connectivity index (χ4v) is 12.9. The number of rotatable bonds is 17. The van der Waals surface area contributed by atoms with Gasteiger partial charge in [0, 0.05) is 81.5 Å². The number of esters is 2. The lowest BCUT2D eigenvalue weighted by Gasteiger charge is -2.45. The summed E-state index contributed by atoms with van der Waals surface area (Å²) >= 11 is 0. The number of carbonyl (C=O) groups excluding carboxylic acids is 4. The zero-order chi connectivity index (χ0) is 59.8. The molecule has 1 aromatic carbocycles. The molecule has 1 aliphatic carbocycles. The summed E-state index contributed by atoms with van der Waals surface area (Å²) in [6, 6.07) is 9.26. The Kier molecular flexibility index (Phi) is 24.1. The standard InChI is InChI=1S/C60H97N3O18/c1-30(2)22-45(64)78-51-37(9)50(32(4)29-74-59-54(72-15)53(71-14)47(65)40(12)77-59)80-57(69)39(11)52(79-46-23-33(5)63(28-35(7)75-46)43-25-42(26-43)61-56(68)41-20-18-17-19-21-41)36(8)49(31(3)27-60(13,70)55(67)38(51)10)81-58-48(66)44(62-73-16)24-34(6)76-58/h17-21,30-40,42-43,46-54,58-59,65-66,70H,22-29H2,1-16H3,(H,61,68)/b62-44+/t31-,32-,33?,34+,35-,36+,37-,38+,39+,40+,42-,43-,46-,47+,48+,49-,50+,51+,52-,53+,54+,58-,59+,60-/m0/s1. The monoisotopic (exact) mass is 1150 g/mol. The summed E-state index contributed by atoms with van der Waals surface area (Å²) in [6.07, 6.45) is -11.0. The van der Waals surface area contributed by atoms with Crippen LogP contribution >= 0.6 is 0 Å². The van der Waals surface area contributed by atoms with Gasteiger partial charge in [0.2, 0.25) is 0 Å². The number of hydrogen-bond acceptors (Lipinski definition) is 20. The van der Waals surface area contributed by atoms with Crippen molar-refractivity contribution in [1.29, 1.82) is 0 Å². The van der Waals surface area contributed by atoms with Gasteiger partial charge in [-0.05, 0) is 84.8 Å². The molecule has 0 aromatic heterocycles. The van der Waals surface area contributed by atoms with Crippen LogP contribution in [0.1, 0.15) is 139 Å². The summed E-state index contributed by atoms with van der Waals surface area (Å²) in [7, 11) is 4.30. The van der Waals surface area contributed by atoms with E-state index in [4.69, 9.17) is 52.2 Å². The lowest BCUT2D eigenvalue weighted by molar-refractivity contribution is -0.305. The molecule has 1 amide bonds. The van der Waals surface area contributed by atoms with Gasteiger partial charge < -0.3 is 72.8 Å². The second-order valence-corrected chi connectivity index (χ2v) is 24.7. The van der Waals surface area contributed by atoms with Gasteiger partial charge >= 0.3 is 11.9 Å². The van der Waals surface area contributed by atoms with Crippen LogP contribution in [0.25, 0.3) is 0 Å². The van der Waals surface area contributed by atoms with Crippen molar-refractivity contribution in [3.8, 4) is 0 Å². The molecule has 21 heteroatoms. The molecule has 4 N–H and O–H groups in total. The van der Waals surface area contributed by atoms with Crippen LogP contribution in [-0.4, -0.2) is 194 Å². The van der Waals surface area contributed by atoms with Crippen LogP contribution in [-0.2, 0) is 66.6 Å². The number of ketones is 1. The Hall–Kier alpha value is -3.71. The van der Waals surface area contributed by atoms with Crippen LogP contribution in [0, 0.1) is 41.4 Å². The van der Waals surface area contributed by atoms with Crippen molar-refractivity contribution in [1.82, 2.24) is 10.2 Å². The number of oxime groups is 1. The number of nitrogens with zero attached hydrogens (tertiary/aromatic N) is 2. The molecule has 5 aliphatic rings. The molecule has 4 saturated heterocycles. The molecule has 460 valence electrons. The number of aliphatic hydroxyl groups excluding tert-OH is 2. The number of benzene rings is 1. The van der Waals surface area contributed by atoms with Crippen molar-refractivity contribution in [2.45, 2.75) is 238 Å². The van der Waals surface area contributed by atoms with Crippen molar-refractivity contribution in [3.63, 3.8) is 0 Å². The SMILES string of the molecule is CO/N=C1\C[C@@H](C)O[C@@H](O[C@@H]2[C@@H](C)[C@H](O[C@H]3CC(C)N([C@H]4C[C@H](NC(=O)c5ccccc5)C4)C[C@H](C)O3)[C@@H](C)C(=O)O[C@H]([C@@H](C)CO[C@@H]3O[C@H](C)[C@@H](O)[C@@H](OC)[C@H]3OC)[C@H](C)[C@@H](OC(=O)CC(C)C)[C@@H](C)C(=O)[C@@](C)(O)C[C@@H]2C)[C@@H]1O. The van der Waals surface area contributed by atoms with Crippen molar-refractivity contribution in [3.05, 3.63) is 35.9 Å². The maximum absolute atomic E-state index is 15.4. The molecule has 1 aromatic rings. The summed E-state index contributed by atoms with van der Waals surface area (Å²) in [5.41, 5.74) is -1.14. The summed E-state index contributed by atoms with van der Waals surface area (Å²) in [5, 5.41) is 42.5. The lowest BCUT2D eigenvalue weighted by atomic mass is 9.74. The molecule has 5 fully saturated rings. The highest BCUT2D eigenvalue weighted by Crippen LogP contribution is 2.40. The normalized spacial score (nSPS) is 41.5. The first kappa shape index (κ1) is 66.4. The zero-order valence-corrected chi connectivity index (χ0v) is 50.8. The number of amides is 1. The van der Waals surface area contributed by atoms with E-state index < -0.39 is 139 Å². The van der Waals surface area contributed by atoms with Gasteiger partial charge in [0.05, 0.1) is 54.7 Å². The minimum atomic E-state index is -2.05. The first-order chi connectivity index (χ1) is 38.2. The number of methoxy groups -OCH3 is 2. The summed E-state index contributed by atoms with van der Waals surface area (Å²) in [6.45, 7) is 23.8. The zero-order valence-electron chi connectivity index (χ0n) is 50.8. The number of carbonyl (C=O) groups is 4. The molecular formula is C60H97N3O18. The van der Waals surface area contributed by atoms with Gasteiger partial charge in [0.15, 0.2) is 24.7 Å². The Labute approximate surface area is 480 Å². The third kappa shape index (κ3) is 16.6. The molecule has 1 unspecified atom stereocenters. The van der Waals surface area contributed by atoms with E-state index >= 15 is 9.59 Å². The number of nitrogens with one attached hydrogen (secondary N) is 1. The quantitative estimate of drug-likeness (QED) is 0.109. The Balaban J connectivity index is 1.38. The van der Waals surface area contributed by atoms with E-state index in [1.54, 1.807) is 39.8 Å². The largest absolute Gasteiger partial charge is 0.461 e. The number of aliphatic hydroxyl groups is 3. The van der Waals surface area contributed by atoms with Crippen molar-refractivity contribution < 1.29 is 86.7 Å². The number of cyclic esters (lactones) is 1. The fourth-order valence-electron chi connectivity index (χ4n) is 12.9. The highest BCUT2D eigenvalue weighted by atomic mass is 16.7.